The number of nitrogens with two attached hydrogens (primary N) is 1. The lowest BCUT2D eigenvalue weighted by atomic mass is 10.1. The zero-order valence-electron chi connectivity index (χ0n) is 13.7. The molecule has 0 amide bonds. The number of rotatable bonds is 5. The molecule has 3 rings (SSSR count). The molecule has 0 spiro atoms. The maximum atomic E-state index is 5.93. The van der Waals surface area contributed by atoms with E-state index >= 15 is 0 Å². The summed E-state index contributed by atoms with van der Waals surface area (Å²) in [6.45, 7) is 2.29. The van der Waals surface area contributed by atoms with Gasteiger partial charge in [-0.05, 0) is 24.6 Å². The molecule has 0 unspecified atom stereocenters. The van der Waals surface area contributed by atoms with Crippen LogP contribution in [0.2, 0.25) is 0 Å². The largest absolute Gasteiger partial charge is 0.493 e. The average Bonchev–Trinajstić information content (AvgIpc) is 2.62. The van der Waals surface area contributed by atoms with Crippen molar-refractivity contribution < 1.29 is 9.47 Å². The highest BCUT2D eigenvalue weighted by atomic mass is 16.5. The summed E-state index contributed by atoms with van der Waals surface area (Å²) in [6, 6.07) is 17.3. The molecule has 1 aromatic heterocycles. The van der Waals surface area contributed by atoms with Crippen molar-refractivity contribution in [2.24, 2.45) is 5.73 Å². The average molecular weight is 321 g/mol. The Morgan fingerprint density at radius 1 is 0.958 bits per heavy atom. The van der Waals surface area contributed by atoms with Crippen LogP contribution in [0.15, 0.2) is 54.6 Å². The number of aromatic nitrogens is 2. The van der Waals surface area contributed by atoms with Crippen LogP contribution in [0, 0.1) is 6.92 Å². The van der Waals surface area contributed by atoms with E-state index in [2.05, 4.69) is 9.97 Å². The lowest BCUT2D eigenvalue weighted by Gasteiger charge is -2.12. The van der Waals surface area contributed by atoms with E-state index in [1.165, 1.54) is 0 Å². The molecular formula is C19H19N3O2. The number of aryl methyl sites for hydroxylation is 1. The first-order valence-corrected chi connectivity index (χ1v) is 7.65. The van der Waals surface area contributed by atoms with Gasteiger partial charge in [-0.15, -0.1) is 0 Å². The van der Waals surface area contributed by atoms with E-state index in [4.69, 9.17) is 15.2 Å². The molecular weight excluding hydrogens is 302 g/mol. The van der Waals surface area contributed by atoms with Gasteiger partial charge in [-0.2, -0.15) is 4.98 Å². The van der Waals surface area contributed by atoms with Crippen molar-refractivity contribution >= 4 is 0 Å². The van der Waals surface area contributed by atoms with Crippen LogP contribution >= 0.6 is 0 Å². The standard InChI is InChI=1S/C19H19N3O2/c1-13-21-16(15-6-4-3-5-7-15)11-19(22-13)24-17-9-8-14(12-20)10-18(17)23-2/h3-11H,12,20H2,1-2H3. The van der Waals surface area contributed by atoms with Gasteiger partial charge in [0.2, 0.25) is 5.88 Å². The van der Waals surface area contributed by atoms with Crippen LogP contribution in [-0.2, 0) is 6.54 Å². The van der Waals surface area contributed by atoms with Crippen LogP contribution in [0.5, 0.6) is 17.4 Å². The third-order valence-corrected chi connectivity index (χ3v) is 3.56. The van der Waals surface area contributed by atoms with Crippen molar-refractivity contribution in [2.75, 3.05) is 7.11 Å². The second-order valence-corrected chi connectivity index (χ2v) is 5.30. The lowest BCUT2D eigenvalue weighted by Crippen LogP contribution is -1.99. The summed E-state index contributed by atoms with van der Waals surface area (Å²) in [5, 5.41) is 0. The zero-order chi connectivity index (χ0) is 16.9. The molecule has 24 heavy (non-hydrogen) atoms. The molecule has 122 valence electrons. The first kappa shape index (κ1) is 16.0. The lowest BCUT2D eigenvalue weighted by molar-refractivity contribution is 0.373. The van der Waals surface area contributed by atoms with Gasteiger partial charge in [0.05, 0.1) is 12.8 Å². The van der Waals surface area contributed by atoms with Gasteiger partial charge < -0.3 is 15.2 Å². The summed E-state index contributed by atoms with van der Waals surface area (Å²) in [5.41, 5.74) is 8.47. The van der Waals surface area contributed by atoms with Gasteiger partial charge >= 0.3 is 0 Å². The maximum Gasteiger partial charge on any atom is 0.223 e. The van der Waals surface area contributed by atoms with Crippen molar-refractivity contribution in [1.29, 1.82) is 0 Å². The molecule has 0 atom stereocenters. The van der Waals surface area contributed by atoms with E-state index in [9.17, 15) is 0 Å². The minimum absolute atomic E-state index is 0.446. The van der Waals surface area contributed by atoms with Crippen molar-refractivity contribution in [2.45, 2.75) is 13.5 Å². The molecule has 2 N–H and O–H groups in total. The Morgan fingerprint density at radius 2 is 1.75 bits per heavy atom. The molecule has 0 saturated heterocycles. The van der Waals surface area contributed by atoms with Gasteiger partial charge in [0, 0.05) is 18.2 Å². The normalized spacial score (nSPS) is 10.5. The molecule has 0 radical (unpaired) electrons. The van der Waals surface area contributed by atoms with Gasteiger partial charge in [0.1, 0.15) is 5.82 Å². The smallest absolute Gasteiger partial charge is 0.223 e. The predicted molar refractivity (Wildman–Crippen MR) is 93.2 cm³/mol. The maximum absolute atomic E-state index is 5.93. The Kier molecular flexibility index (Phi) is 4.72. The number of methoxy groups -OCH3 is 1. The number of nitrogens with zero attached hydrogens (tertiary/aromatic N) is 2. The molecule has 5 nitrogen and oxygen atoms in total. The molecule has 0 bridgehead atoms. The minimum Gasteiger partial charge on any atom is -0.493 e. The first-order valence-electron chi connectivity index (χ1n) is 7.65. The van der Waals surface area contributed by atoms with Gasteiger partial charge in [0.15, 0.2) is 11.5 Å². The molecule has 3 aromatic rings. The topological polar surface area (TPSA) is 70.3 Å². The van der Waals surface area contributed by atoms with Gasteiger partial charge in [-0.25, -0.2) is 4.98 Å². The van der Waals surface area contributed by atoms with E-state index in [1.807, 2.05) is 61.5 Å². The summed E-state index contributed by atoms with van der Waals surface area (Å²) < 4.78 is 11.3. The van der Waals surface area contributed by atoms with Crippen LogP contribution in [0.25, 0.3) is 11.3 Å². The fourth-order valence-electron chi connectivity index (χ4n) is 2.39. The van der Waals surface area contributed by atoms with Crippen LogP contribution in [0.1, 0.15) is 11.4 Å². The summed E-state index contributed by atoms with van der Waals surface area (Å²) in [4.78, 5) is 8.84. The Morgan fingerprint density at radius 3 is 2.46 bits per heavy atom. The Hall–Kier alpha value is -2.92. The Bertz CT molecular complexity index is 835. The van der Waals surface area contributed by atoms with Crippen molar-refractivity contribution in [3.8, 4) is 28.6 Å². The third-order valence-electron chi connectivity index (χ3n) is 3.56. The van der Waals surface area contributed by atoms with Crippen LogP contribution in [0.3, 0.4) is 0 Å². The monoisotopic (exact) mass is 321 g/mol. The number of hydrogen-bond acceptors (Lipinski definition) is 5. The Labute approximate surface area is 141 Å². The molecule has 1 heterocycles. The SMILES string of the molecule is COc1cc(CN)ccc1Oc1cc(-c2ccccc2)nc(C)n1. The summed E-state index contributed by atoms with van der Waals surface area (Å²) in [6.07, 6.45) is 0. The summed E-state index contributed by atoms with van der Waals surface area (Å²) >= 11 is 0. The molecule has 0 aliphatic rings. The quantitative estimate of drug-likeness (QED) is 0.775. The molecule has 5 heteroatoms. The minimum atomic E-state index is 0.446. The summed E-state index contributed by atoms with van der Waals surface area (Å²) in [5.74, 6) is 2.33. The Balaban J connectivity index is 1.95. The van der Waals surface area contributed by atoms with Crippen molar-refractivity contribution in [3.63, 3.8) is 0 Å². The van der Waals surface area contributed by atoms with Gasteiger partial charge in [0.25, 0.3) is 0 Å². The zero-order valence-corrected chi connectivity index (χ0v) is 13.7. The van der Waals surface area contributed by atoms with E-state index in [1.54, 1.807) is 7.11 Å². The number of ether oxygens (including phenoxy) is 2. The van der Waals surface area contributed by atoms with E-state index < -0.39 is 0 Å². The molecule has 2 aromatic carbocycles. The van der Waals surface area contributed by atoms with Crippen LogP contribution in [-0.4, -0.2) is 17.1 Å². The third kappa shape index (κ3) is 3.52. The summed E-state index contributed by atoms with van der Waals surface area (Å²) in [7, 11) is 1.60. The molecule has 0 aliphatic heterocycles. The first-order chi connectivity index (χ1) is 11.7. The van der Waals surface area contributed by atoms with Crippen molar-refractivity contribution in [1.82, 2.24) is 9.97 Å². The van der Waals surface area contributed by atoms with E-state index in [0.29, 0.717) is 29.7 Å². The van der Waals surface area contributed by atoms with E-state index in [0.717, 1.165) is 16.8 Å². The van der Waals surface area contributed by atoms with E-state index in [-0.39, 0.29) is 0 Å². The fourth-order valence-corrected chi connectivity index (χ4v) is 2.39. The number of benzene rings is 2. The predicted octanol–water partition coefficient (Wildman–Crippen LogP) is 3.71. The van der Waals surface area contributed by atoms with Crippen LogP contribution in [0.4, 0.5) is 0 Å². The van der Waals surface area contributed by atoms with Gasteiger partial charge in [-0.1, -0.05) is 36.4 Å². The van der Waals surface area contributed by atoms with Crippen molar-refractivity contribution in [3.05, 3.63) is 66.0 Å². The number of hydrogen-bond donors (Lipinski definition) is 1. The highest BCUT2D eigenvalue weighted by Crippen LogP contribution is 2.32. The fraction of sp³-hybridized carbons (Fsp3) is 0.158. The van der Waals surface area contributed by atoms with Gasteiger partial charge in [-0.3, -0.25) is 0 Å². The second kappa shape index (κ2) is 7.10. The highest BCUT2D eigenvalue weighted by molar-refractivity contribution is 5.60. The molecule has 0 fully saturated rings. The van der Waals surface area contributed by atoms with Crippen LogP contribution < -0.4 is 15.2 Å². The highest BCUT2D eigenvalue weighted by Gasteiger charge is 2.10. The molecule has 0 saturated carbocycles. The second-order valence-electron chi connectivity index (χ2n) is 5.30. The molecule has 0 aliphatic carbocycles.